The van der Waals surface area contributed by atoms with Crippen molar-refractivity contribution in [2.45, 2.75) is 83.9 Å². The topological polar surface area (TPSA) is 38.5 Å². The zero-order valence-corrected chi connectivity index (χ0v) is 19.8. The predicted octanol–water partition coefficient (Wildman–Crippen LogP) is 5.16. The Bertz CT molecular complexity index is 686. The normalized spacial score (nSPS) is 23.1. The van der Waals surface area contributed by atoms with Gasteiger partial charge in [-0.15, -0.1) is 0 Å². The van der Waals surface area contributed by atoms with Crippen LogP contribution in [0.4, 0.5) is 0 Å². The monoisotopic (exact) mass is 403 g/mol. The molecule has 0 saturated carbocycles. The van der Waals surface area contributed by atoms with Crippen LogP contribution in [0.1, 0.15) is 47.1 Å². The molecule has 1 unspecified atom stereocenters. The van der Waals surface area contributed by atoms with Crippen LogP contribution in [0.25, 0.3) is 0 Å². The molecule has 1 aliphatic rings. The van der Waals surface area contributed by atoms with E-state index in [9.17, 15) is 4.79 Å². The van der Waals surface area contributed by atoms with E-state index in [1.807, 2.05) is 39.0 Å². The number of ether oxygens (including phenoxy) is 1. The number of esters is 1. The Hall–Kier alpha value is -1.43. The standard InChI is InChI=1S/C23H37NO3Si/c1-22(2,3)27-21(25)20-19(24(20)17-18-13-10-9-11-14-18)15-12-16-26-28(7,8)23(4,5)6/h9-15,19-20H,16-17H2,1-8H3/b15-12+/t19-,20-,24?/m0/s1. The number of nitrogens with zero attached hydrogens (tertiary/aromatic N) is 1. The highest BCUT2D eigenvalue weighted by Gasteiger charge is 2.52. The molecular weight excluding hydrogens is 366 g/mol. The van der Waals surface area contributed by atoms with Crippen LogP contribution in [-0.2, 0) is 20.5 Å². The molecule has 2 rings (SSSR count). The van der Waals surface area contributed by atoms with E-state index in [0.717, 1.165) is 6.54 Å². The van der Waals surface area contributed by atoms with Crippen LogP contribution in [0, 0.1) is 0 Å². The van der Waals surface area contributed by atoms with Crippen LogP contribution in [0.3, 0.4) is 0 Å². The molecular formula is C23H37NO3Si. The first kappa shape index (κ1) is 22.9. The molecule has 1 aromatic carbocycles. The van der Waals surface area contributed by atoms with E-state index in [2.05, 4.69) is 63.0 Å². The molecule has 0 aromatic heterocycles. The Morgan fingerprint density at radius 2 is 1.71 bits per heavy atom. The molecule has 1 aliphatic heterocycles. The van der Waals surface area contributed by atoms with Crippen LogP contribution < -0.4 is 0 Å². The second-order valence-electron chi connectivity index (χ2n) is 10.1. The summed E-state index contributed by atoms with van der Waals surface area (Å²) in [7, 11) is -1.76. The zero-order valence-electron chi connectivity index (χ0n) is 18.8. The maximum atomic E-state index is 12.6. The van der Waals surface area contributed by atoms with Crippen molar-refractivity contribution in [1.29, 1.82) is 0 Å². The molecule has 1 heterocycles. The number of carbonyl (C=O) groups is 1. The lowest BCUT2D eigenvalue weighted by Gasteiger charge is -2.35. The van der Waals surface area contributed by atoms with E-state index in [1.54, 1.807) is 0 Å². The summed E-state index contributed by atoms with van der Waals surface area (Å²) in [6.45, 7) is 18.3. The minimum atomic E-state index is -1.76. The molecule has 0 amide bonds. The van der Waals surface area contributed by atoms with Gasteiger partial charge in [0.05, 0.1) is 12.6 Å². The first-order chi connectivity index (χ1) is 12.8. The lowest BCUT2D eigenvalue weighted by Crippen LogP contribution is -2.40. The van der Waals surface area contributed by atoms with Gasteiger partial charge in [-0.05, 0) is 44.5 Å². The second-order valence-corrected chi connectivity index (χ2v) is 14.9. The summed E-state index contributed by atoms with van der Waals surface area (Å²) in [6.07, 6.45) is 4.16. The maximum Gasteiger partial charge on any atom is 0.325 e. The summed E-state index contributed by atoms with van der Waals surface area (Å²) in [5, 5.41) is 0.193. The van der Waals surface area contributed by atoms with Gasteiger partial charge >= 0.3 is 5.97 Å². The summed E-state index contributed by atoms with van der Waals surface area (Å²) >= 11 is 0. The quantitative estimate of drug-likeness (QED) is 0.273. The van der Waals surface area contributed by atoms with Crippen molar-refractivity contribution >= 4 is 14.3 Å². The van der Waals surface area contributed by atoms with Crippen molar-refractivity contribution in [2.75, 3.05) is 6.61 Å². The minimum Gasteiger partial charge on any atom is -0.459 e. The molecule has 28 heavy (non-hydrogen) atoms. The Morgan fingerprint density at radius 1 is 1.11 bits per heavy atom. The van der Waals surface area contributed by atoms with Crippen molar-refractivity contribution in [3.8, 4) is 0 Å². The summed E-state index contributed by atoms with van der Waals surface area (Å²) in [5.74, 6) is -0.150. The van der Waals surface area contributed by atoms with E-state index < -0.39 is 13.9 Å². The van der Waals surface area contributed by atoms with Crippen LogP contribution in [-0.4, -0.2) is 43.5 Å². The van der Waals surface area contributed by atoms with E-state index in [-0.39, 0.29) is 23.1 Å². The Balaban J connectivity index is 2.01. The minimum absolute atomic E-state index is 0.0677. The molecule has 0 N–H and O–H groups in total. The molecule has 0 bridgehead atoms. The van der Waals surface area contributed by atoms with Gasteiger partial charge in [0.15, 0.2) is 8.32 Å². The summed E-state index contributed by atoms with van der Waals surface area (Å²) in [4.78, 5) is 14.8. The lowest BCUT2D eigenvalue weighted by molar-refractivity contribution is -0.155. The molecule has 5 heteroatoms. The van der Waals surface area contributed by atoms with Gasteiger partial charge in [-0.1, -0.05) is 63.3 Å². The largest absolute Gasteiger partial charge is 0.459 e. The van der Waals surface area contributed by atoms with E-state index in [4.69, 9.17) is 9.16 Å². The van der Waals surface area contributed by atoms with Gasteiger partial charge in [0, 0.05) is 6.54 Å². The summed E-state index contributed by atoms with van der Waals surface area (Å²) in [5.41, 5.74) is 0.724. The highest BCUT2D eigenvalue weighted by Crippen LogP contribution is 2.37. The molecule has 1 aromatic rings. The number of benzene rings is 1. The van der Waals surface area contributed by atoms with Crippen molar-refractivity contribution in [3.63, 3.8) is 0 Å². The second kappa shape index (κ2) is 8.52. The number of hydrogen-bond acceptors (Lipinski definition) is 4. The van der Waals surface area contributed by atoms with Gasteiger partial charge in [0.2, 0.25) is 0 Å². The predicted molar refractivity (Wildman–Crippen MR) is 118 cm³/mol. The molecule has 0 spiro atoms. The molecule has 0 radical (unpaired) electrons. The molecule has 1 saturated heterocycles. The number of hydrogen-bond donors (Lipinski definition) is 0. The fourth-order valence-corrected chi connectivity index (χ4v) is 3.76. The number of rotatable bonds is 7. The van der Waals surface area contributed by atoms with Gasteiger partial charge in [-0.3, -0.25) is 9.69 Å². The van der Waals surface area contributed by atoms with Gasteiger partial charge in [-0.2, -0.15) is 0 Å². The van der Waals surface area contributed by atoms with Gasteiger partial charge in [0.25, 0.3) is 0 Å². The van der Waals surface area contributed by atoms with Crippen molar-refractivity contribution < 1.29 is 14.0 Å². The number of carbonyl (C=O) groups excluding carboxylic acids is 1. The van der Waals surface area contributed by atoms with Gasteiger partial charge in [-0.25, -0.2) is 0 Å². The van der Waals surface area contributed by atoms with Gasteiger partial charge in [0.1, 0.15) is 11.6 Å². The third-order valence-corrected chi connectivity index (χ3v) is 10.0. The Labute approximate surface area is 172 Å². The van der Waals surface area contributed by atoms with E-state index >= 15 is 0 Å². The van der Waals surface area contributed by atoms with Crippen LogP contribution in [0.15, 0.2) is 42.5 Å². The van der Waals surface area contributed by atoms with Crippen molar-refractivity contribution in [1.82, 2.24) is 4.90 Å². The lowest BCUT2D eigenvalue weighted by atomic mass is 10.2. The third-order valence-electron chi connectivity index (χ3n) is 5.51. The third kappa shape index (κ3) is 6.29. The van der Waals surface area contributed by atoms with Crippen LogP contribution in [0.5, 0.6) is 0 Å². The van der Waals surface area contributed by atoms with Crippen LogP contribution >= 0.6 is 0 Å². The SMILES string of the molecule is CC(C)(C)OC(=O)[C@@H]1[C@H](/C=C/CO[Si](C)(C)C(C)(C)C)N1Cc1ccccc1. The molecule has 3 atom stereocenters. The summed E-state index contributed by atoms with van der Waals surface area (Å²) < 4.78 is 11.8. The molecule has 1 fully saturated rings. The highest BCUT2D eigenvalue weighted by atomic mass is 28.4. The van der Waals surface area contributed by atoms with Crippen LogP contribution in [0.2, 0.25) is 18.1 Å². The Kier molecular flexibility index (Phi) is 6.95. The van der Waals surface area contributed by atoms with E-state index in [1.165, 1.54) is 5.56 Å². The zero-order chi connectivity index (χ0) is 21.2. The van der Waals surface area contributed by atoms with Crippen molar-refractivity contribution in [3.05, 3.63) is 48.0 Å². The average Bonchev–Trinajstić information content (AvgIpc) is 3.22. The highest BCUT2D eigenvalue weighted by molar-refractivity contribution is 6.74. The molecule has 156 valence electrons. The fraction of sp³-hybridized carbons (Fsp3) is 0.609. The van der Waals surface area contributed by atoms with Gasteiger partial charge < -0.3 is 9.16 Å². The molecule has 4 nitrogen and oxygen atoms in total. The van der Waals surface area contributed by atoms with Crippen molar-refractivity contribution in [2.24, 2.45) is 0 Å². The summed E-state index contributed by atoms with van der Waals surface area (Å²) in [6, 6.07) is 10.1. The Morgan fingerprint density at radius 3 is 2.25 bits per heavy atom. The smallest absolute Gasteiger partial charge is 0.325 e. The first-order valence-corrected chi connectivity index (χ1v) is 13.1. The molecule has 0 aliphatic carbocycles. The fourth-order valence-electron chi connectivity index (χ4n) is 2.82. The maximum absolute atomic E-state index is 12.6. The average molecular weight is 404 g/mol. The van der Waals surface area contributed by atoms with E-state index in [0.29, 0.717) is 6.61 Å². The first-order valence-electron chi connectivity index (χ1n) is 10.1.